The first-order valence-electron chi connectivity index (χ1n) is 0.843. The molecule has 0 amide bonds. The molecule has 0 spiro atoms. The monoisotopic (exact) mass is 278 g/mol. The predicted octanol–water partition coefficient (Wildman–Crippen LogP) is 1.57. The van der Waals surface area contributed by atoms with Gasteiger partial charge in [-0.1, -0.05) is 0 Å². The van der Waals surface area contributed by atoms with E-state index in [9.17, 15) is 0 Å². The molecule has 0 aliphatic heterocycles. The van der Waals surface area contributed by atoms with Gasteiger partial charge in [0.1, 0.15) is 0 Å². The first-order valence-corrected chi connectivity index (χ1v) is 10.6. The van der Waals surface area contributed by atoms with Crippen molar-refractivity contribution in [2.75, 3.05) is 0 Å². The van der Waals surface area contributed by atoms with Crippen LogP contribution in [-0.2, 0) is 9.51 Å². The van der Waals surface area contributed by atoms with Gasteiger partial charge in [-0.15, -0.1) is 0 Å². The summed E-state index contributed by atoms with van der Waals surface area (Å²) in [5, 5.41) is 0. The summed E-state index contributed by atoms with van der Waals surface area (Å²) in [6.45, 7) is 0. The molecule has 0 unspecified atom stereocenters. The van der Waals surface area contributed by atoms with Crippen LogP contribution in [-0.4, -0.2) is 0 Å². The third-order valence-corrected chi connectivity index (χ3v) is 0. The zero-order valence-corrected chi connectivity index (χ0v) is 7.56. The van der Waals surface area contributed by atoms with Crippen LogP contribution in [0.4, 0.5) is 0 Å². The minimum absolute atomic E-state index is 4.84. The maximum absolute atomic E-state index is 5.06. The van der Waals surface area contributed by atoms with Crippen molar-refractivity contribution in [1.29, 1.82) is 0 Å². The molecule has 0 radical (unpaired) electrons. The molecule has 0 fully saturated rings. The van der Waals surface area contributed by atoms with Crippen molar-refractivity contribution < 1.29 is 9.51 Å². The predicted molar refractivity (Wildman–Crippen MR) is 31.8 cm³/mol. The van der Waals surface area contributed by atoms with Crippen LogP contribution in [0.5, 0.6) is 0 Å². The van der Waals surface area contributed by atoms with E-state index in [1.807, 2.05) is 0 Å². The normalized spacial score (nSPS) is 23.1. The van der Waals surface area contributed by atoms with E-state index in [1.165, 1.54) is 0 Å². The first-order chi connectivity index (χ1) is 2.45. The van der Waals surface area contributed by atoms with E-state index in [4.69, 9.17) is 46.9 Å². The Labute approximate surface area is 56.0 Å². The Bertz CT molecular complexity index is 68.3. The van der Waals surface area contributed by atoms with Gasteiger partial charge >= 0.3 is 56.4 Å². The first kappa shape index (κ1) is 8.74. The maximum atomic E-state index is 5.06. The Morgan fingerprint density at radius 2 is 0.857 bits per heavy atom. The summed E-state index contributed by atoms with van der Waals surface area (Å²) >= 11 is 0. The molecule has 0 heterocycles. The SMILES string of the molecule is [NH2][Pd]([NH2])([Cl])([Cl])([Cl])[Cl]. The van der Waals surface area contributed by atoms with Crippen LogP contribution in [0.25, 0.3) is 0 Å². The van der Waals surface area contributed by atoms with Crippen molar-refractivity contribution in [3.05, 3.63) is 0 Å². The molecule has 0 aromatic rings. The molecular formula is H4Cl4N2Pd. The van der Waals surface area contributed by atoms with Gasteiger partial charge in [0.05, 0.1) is 0 Å². The number of nitrogens with two attached hydrogens (primary N) is 2. The van der Waals surface area contributed by atoms with Crippen LogP contribution in [0, 0.1) is 0 Å². The van der Waals surface area contributed by atoms with Gasteiger partial charge < -0.3 is 0 Å². The standard InChI is InChI=1S/4ClH.2H2N.Pd/h4*1H;2*1H2;/q;;;;2*-1;+6/p-4. The molecule has 52 valence electrons. The van der Waals surface area contributed by atoms with E-state index >= 15 is 0 Å². The molecule has 4 N–H and O–H groups in total. The summed E-state index contributed by atoms with van der Waals surface area (Å²) in [4.78, 5) is 0. The second-order valence-corrected chi connectivity index (χ2v) is 24.9. The van der Waals surface area contributed by atoms with E-state index in [0.717, 1.165) is 0 Å². The van der Waals surface area contributed by atoms with Crippen LogP contribution in [0.1, 0.15) is 0 Å². The molecule has 0 aromatic heterocycles. The molecule has 0 aromatic carbocycles. The van der Waals surface area contributed by atoms with Gasteiger partial charge in [-0.3, -0.25) is 0 Å². The van der Waals surface area contributed by atoms with E-state index < -0.39 is 9.51 Å². The van der Waals surface area contributed by atoms with Gasteiger partial charge in [0.25, 0.3) is 0 Å². The summed E-state index contributed by atoms with van der Waals surface area (Å²) in [7, 11) is 15.2. The fourth-order valence-electron chi connectivity index (χ4n) is 0. The van der Waals surface area contributed by atoms with Gasteiger partial charge in [0.15, 0.2) is 0 Å². The summed E-state index contributed by atoms with van der Waals surface area (Å²) in [6.07, 6.45) is 0. The summed E-state index contributed by atoms with van der Waals surface area (Å²) < 4.78 is 9.68. The Morgan fingerprint density at radius 3 is 0.857 bits per heavy atom. The summed E-state index contributed by atoms with van der Waals surface area (Å²) in [6, 6.07) is 0. The van der Waals surface area contributed by atoms with E-state index in [-0.39, 0.29) is 0 Å². The average molecular weight is 280 g/mol. The Hall–Kier alpha value is 1.74. The molecule has 0 saturated carbocycles. The van der Waals surface area contributed by atoms with Crippen molar-refractivity contribution in [3.8, 4) is 0 Å². The summed E-state index contributed by atoms with van der Waals surface area (Å²) in [5.74, 6) is 0. The molecule has 2 nitrogen and oxygen atoms in total. The third-order valence-electron chi connectivity index (χ3n) is 0. The van der Waals surface area contributed by atoms with Gasteiger partial charge in [0.2, 0.25) is 0 Å². The van der Waals surface area contributed by atoms with Crippen LogP contribution >= 0.6 is 38.1 Å². The quantitative estimate of drug-likeness (QED) is 0.662. The van der Waals surface area contributed by atoms with Gasteiger partial charge in [0, 0.05) is 0 Å². The van der Waals surface area contributed by atoms with Crippen LogP contribution in [0.3, 0.4) is 0 Å². The second kappa shape index (κ2) is 1.26. The van der Waals surface area contributed by atoms with Crippen molar-refractivity contribution >= 4 is 38.1 Å². The number of rotatable bonds is 0. The van der Waals surface area contributed by atoms with Gasteiger partial charge in [-0.2, -0.15) is 0 Å². The van der Waals surface area contributed by atoms with E-state index in [2.05, 4.69) is 0 Å². The zero-order valence-electron chi connectivity index (χ0n) is 2.98. The molecule has 0 atom stereocenters. The molecular weight excluding hydrogens is 276 g/mol. The fraction of sp³-hybridized carbons (Fsp3) is 0. The minimum atomic E-state index is -5.03. The number of halogens is 4. The van der Waals surface area contributed by atoms with Gasteiger partial charge in [-0.25, -0.2) is 0 Å². The Balaban J connectivity index is 4.43. The molecule has 0 rings (SSSR count). The van der Waals surface area contributed by atoms with Crippen LogP contribution in [0.2, 0.25) is 0 Å². The molecule has 0 aliphatic rings. The molecule has 7 heteroatoms. The van der Waals surface area contributed by atoms with E-state index in [1.54, 1.807) is 0 Å². The zero-order chi connectivity index (χ0) is 6.41. The Morgan fingerprint density at radius 1 is 0.857 bits per heavy atom. The molecule has 0 bridgehead atoms. The van der Waals surface area contributed by atoms with E-state index in [0.29, 0.717) is 0 Å². The molecule has 0 aliphatic carbocycles. The van der Waals surface area contributed by atoms with Gasteiger partial charge in [-0.05, 0) is 0 Å². The van der Waals surface area contributed by atoms with Crippen molar-refractivity contribution in [3.63, 3.8) is 0 Å². The summed E-state index contributed by atoms with van der Waals surface area (Å²) in [5.41, 5.74) is 0. The third kappa shape index (κ3) is 84.1. The molecule has 7 heavy (non-hydrogen) atoms. The van der Waals surface area contributed by atoms with Crippen LogP contribution in [0.15, 0.2) is 0 Å². The second-order valence-electron chi connectivity index (χ2n) is 0.929. The Kier molecular flexibility index (Phi) is 1.57. The van der Waals surface area contributed by atoms with Crippen molar-refractivity contribution in [2.24, 2.45) is 8.73 Å². The molecule has 0 saturated heterocycles. The van der Waals surface area contributed by atoms with Crippen LogP contribution < -0.4 is 8.73 Å². The number of hydrogen-bond acceptors (Lipinski definition) is 2. The van der Waals surface area contributed by atoms with Crippen molar-refractivity contribution in [2.45, 2.75) is 0 Å². The number of hydrogen-bond donors (Lipinski definition) is 2. The average Bonchev–Trinajstić information content (AvgIpc) is 0.592. The topological polar surface area (TPSA) is 52.0 Å². The fourth-order valence-corrected chi connectivity index (χ4v) is 0. The van der Waals surface area contributed by atoms with Crippen molar-refractivity contribution in [1.82, 2.24) is 0 Å².